The van der Waals surface area contributed by atoms with Gasteiger partial charge in [-0.1, -0.05) is 6.92 Å². The first-order chi connectivity index (χ1) is 8.72. The van der Waals surface area contributed by atoms with Crippen LogP contribution < -0.4 is 4.90 Å². The van der Waals surface area contributed by atoms with Gasteiger partial charge < -0.3 is 9.64 Å². The van der Waals surface area contributed by atoms with Crippen molar-refractivity contribution < 1.29 is 4.74 Å². The maximum absolute atomic E-state index is 5.96. The fourth-order valence-corrected chi connectivity index (χ4v) is 2.41. The average Bonchev–Trinajstić information content (AvgIpc) is 2.62. The molecular formula is C14H21ClN2O. The Morgan fingerprint density at radius 1 is 1.50 bits per heavy atom. The standard InChI is InChI=1S/C14H21ClN2O/c1-3-13-7-12(9-15)8-14(16-13)17-5-4-6-18-11(2)10-17/h7-8,11H,3-6,9-10H2,1-2H3. The summed E-state index contributed by atoms with van der Waals surface area (Å²) in [5, 5.41) is 0. The summed E-state index contributed by atoms with van der Waals surface area (Å²) < 4.78 is 5.67. The van der Waals surface area contributed by atoms with Gasteiger partial charge in [0.05, 0.1) is 6.10 Å². The number of halogens is 1. The van der Waals surface area contributed by atoms with Gasteiger partial charge in [0.2, 0.25) is 0 Å². The van der Waals surface area contributed by atoms with E-state index in [0.717, 1.165) is 49.6 Å². The van der Waals surface area contributed by atoms with Crippen LogP contribution in [0, 0.1) is 0 Å². The lowest BCUT2D eigenvalue weighted by Crippen LogP contribution is -2.31. The van der Waals surface area contributed by atoms with Gasteiger partial charge in [0.15, 0.2) is 0 Å². The predicted octanol–water partition coefficient (Wildman–Crippen LogP) is 3.00. The first kappa shape index (κ1) is 13.6. The summed E-state index contributed by atoms with van der Waals surface area (Å²) in [6.07, 6.45) is 2.26. The molecule has 0 radical (unpaired) electrons. The lowest BCUT2D eigenvalue weighted by Gasteiger charge is -2.24. The summed E-state index contributed by atoms with van der Waals surface area (Å²) in [5.41, 5.74) is 2.26. The first-order valence-corrected chi connectivity index (χ1v) is 7.18. The molecule has 1 saturated heterocycles. The van der Waals surface area contributed by atoms with Gasteiger partial charge in [0, 0.05) is 31.3 Å². The lowest BCUT2D eigenvalue weighted by atomic mass is 10.2. The molecule has 0 saturated carbocycles. The van der Waals surface area contributed by atoms with Crippen molar-refractivity contribution in [1.29, 1.82) is 0 Å². The van der Waals surface area contributed by atoms with Crippen LogP contribution in [0.2, 0.25) is 0 Å². The van der Waals surface area contributed by atoms with Crippen molar-refractivity contribution >= 4 is 17.4 Å². The van der Waals surface area contributed by atoms with E-state index in [9.17, 15) is 0 Å². The number of ether oxygens (including phenoxy) is 1. The zero-order valence-electron chi connectivity index (χ0n) is 11.2. The molecule has 0 bridgehead atoms. The Labute approximate surface area is 114 Å². The summed E-state index contributed by atoms with van der Waals surface area (Å²) in [6.45, 7) is 6.99. The van der Waals surface area contributed by atoms with E-state index in [1.54, 1.807) is 0 Å². The molecule has 0 aliphatic carbocycles. The molecule has 18 heavy (non-hydrogen) atoms. The number of aromatic nitrogens is 1. The molecule has 1 aromatic rings. The molecule has 0 spiro atoms. The topological polar surface area (TPSA) is 25.4 Å². The smallest absolute Gasteiger partial charge is 0.129 e. The third-order valence-electron chi connectivity index (χ3n) is 3.22. The molecular weight excluding hydrogens is 248 g/mol. The molecule has 3 nitrogen and oxygen atoms in total. The number of aryl methyl sites for hydroxylation is 1. The van der Waals surface area contributed by atoms with Gasteiger partial charge in [-0.15, -0.1) is 11.6 Å². The van der Waals surface area contributed by atoms with Gasteiger partial charge in [-0.25, -0.2) is 4.98 Å². The summed E-state index contributed by atoms with van der Waals surface area (Å²) in [6, 6.07) is 4.19. The van der Waals surface area contributed by atoms with E-state index in [1.165, 1.54) is 0 Å². The molecule has 1 aliphatic rings. The summed E-state index contributed by atoms with van der Waals surface area (Å²) in [4.78, 5) is 7.02. The van der Waals surface area contributed by atoms with Crippen molar-refractivity contribution in [2.45, 2.75) is 38.7 Å². The first-order valence-electron chi connectivity index (χ1n) is 6.65. The van der Waals surface area contributed by atoms with Gasteiger partial charge in [-0.05, 0) is 37.5 Å². The van der Waals surface area contributed by atoms with E-state index in [4.69, 9.17) is 21.3 Å². The molecule has 1 aromatic heterocycles. The van der Waals surface area contributed by atoms with Crippen LogP contribution in [0.4, 0.5) is 5.82 Å². The highest BCUT2D eigenvalue weighted by Gasteiger charge is 2.17. The molecule has 0 N–H and O–H groups in total. The van der Waals surface area contributed by atoms with E-state index in [0.29, 0.717) is 5.88 Å². The lowest BCUT2D eigenvalue weighted by molar-refractivity contribution is 0.0820. The van der Waals surface area contributed by atoms with Gasteiger partial charge in [0.1, 0.15) is 5.82 Å². The number of anilines is 1. The molecule has 1 unspecified atom stereocenters. The van der Waals surface area contributed by atoms with E-state index in [1.807, 2.05) is 0 Å². The normalized spacial score (nSPS) is 20.8. The molecule has 2 heterocycles. The average molecular weight is 269 g/mol. The Bertz CT molecular complexity index is 375. The number of hydrogen-bond donors (Lipinski definition) is 0. The van der Waals surface area contributed by atoms with Gasteiger partial charge in [-0.2, -0.15) is 0 Å². The zero-order chi connectivity index (χ0) is 13.0. The van der Waals surface area contributed by atoms with Crippen molar-refractivity contribution in [1.82, 2.24) is 4.98 Å². The van der Waals surface area contributed by atoms with Crippen LogP contribution in [-0.2, 0) is 17.0 Å². The van der Waals surface area contributed by atoms with Crippen LogP contribution in [0.1, 0.15) is 31.5 Å². The second kappa shape index (κ2) is 6.39. The fraction of sp³-hybridized carbons (Fsp3) is 0.643. The highest BCUT2D eigenvalue weighted by Crippen LogP contribution is 2.19. The fourth-order valence-electron chi connectivity index (χ4n) is 2.26. The van der Waals surface area contributed by atoms with Gasteiger partial charge in [-0.3, -0.25) is 0 Å². The monoisotopic (exact) mass is 268 g/mol. The number of alkyl halides is 1. The van der Waals surface area contributed by atoms with E-state index in [2.05, 4.69) is 30.9 Å². The Balaban J connectivity index is 2.24. The Morgan fingerprint density at radius 2 is 2.33 bits per heavy atom. The van der Waals surface area contributed by atoms with E-state index < -0.39 is 0 Å². The molecule has 4 heteroatoms. The molecule has 0 amide bonds. The highest BCUT2D eigenvalue weighted by atomic mass is 35.5. The molecule has 1 aliphatic heterocycles. The molecule has 100 valence electrons. The Morgan fingerprint density at radius 3 is 3.06 bits per heavy atom. The van der Waals surface area contributed by atoms with Crippen molar-refractivity contribution in [2.75, 3.05) is 24.6 Å². The summed E-state index contributed by atoms with van der Waals surface area (Å²) in [7, 11) is 0. The number of hydrogen-bond acceptors (Lipinski definition) is 3. The number of pyridine rings is 1. The summed E-state index contributed by atoms with van der Waals surface area (Å²) >= 11 is 5.96. The van der Waals surface area contributed by atoms with E-state index >= 15 is 0 Å². The largest absolute Gasteiger partial charge is 0.377 e. The van der Waals surface area contributed by atoms with Crippen molar-refractivity contribution in [3.63, 3.8) is 0 Å². The predicted molar refractivity (Wildman–Crippen MR) is 75.4 cm³/mol. The van der Waals surface area contributed by atoms with Crippen molar-refractivity contribution in [3.05, 3.63) is 23.4 Å². The van der Waals surface area contributed by atoms with E-state index in [-0.39, 0.29) is 6.10 Å². The molecule has 1 fully saturated rings. The van der Waals surface area contributed by atoms with Crippen LogP contribution in [0.15, 0.2) is 12.1 Å². The van der Waals surface area contributed by atoms with Gasteiger partial charge >= 0.3 is 0 Å². The minimum atomic E-state index is 0.263. The molecule has 1 atom stereocenters. The Hall–Kier alpha value is -0.800. The minimum absolute atomic E-state index is 0.263. The second-order valence-corrected chi connectivity index (χ2v) is 5.06. The zero-order valence-corrected chi connectivity index (χ0v) is 11.9. The molecule has 0 aromatic carbocycles. The van der Waals surface area contributed by atoms with Crippen molar-refractivity contribution in [2.24, 2.45) is 0 Å². The highest BCUT2D eigenvalue weighted by molar-refractivity contribution is 6.17. The van der Waals surface area contributed by atoms with Crippen LogP contribution in [0.3, 0.4) is 0 Å². The SMILES string of the molecule is CCc1cc(CCl)cc(N2CCCOC(C)C2)n1. The maximum Gasteiger partial charge on any atom is 0.129 e. The minimum Gasteiger partial charge on any atom is -0.377 e. The quantitative estimate of drug-likeness (QED) is 0.788. The van der Waals surface area contributed by atoms with Crippen LogP contribution in [0.5, 0.6) is 0 Å². The Kier molecular flexibility index (Phi) is 4.84. The third kappa shape index (κ3) is 3.36. The third-order valence-corrected chi connectivity index (χ3v) is 3.53. The second-order valence-electron chi connectivity index (χ2n) is 4.79. The van der Waals surface area contributed by atoms with Gasteiger partial charge in [0.25, 0.3) is 0 Å². The number of nitrogens with zero attached hydrogens (tertiary/aromatic N) is 2. The van der Waals surface area contributed by atoms with Crippen LogP contribution in [0.25, 0.3) is 0 Å². The summed E-state index contributed by atoms with van der Waals surface area (Å²) in [5.74, 6) is 1.59. The van der Waals surface area contributed by atoms with Crippen molar-refractivity contribution in [3.8, 4) is 0 Å². The van der Waals surface area contributed by atoms with Crippen LogP contribution in [-0.4, -0.2) is 30.8 Å². The van der Waals surface area contributed by atoms with Crippen LogP contribution >= 0.6 is 11.6 Å². The number of rotatable bonds is 3. The molecule has 2 rings (SSSR count). The maximum atomic E-state index is 5.96.